The molecule has 0 aliphatic carbocycles. The number of sulfonamides is 1. The Balaban J connectivity index is 1.48. The summed E-state index contributed by atoms with van der Waals surface area (Å²) >= 11 is 0. The topological polar surface area (TPSA) is 70.2 Å². The second-order valence-corrected chi connectivity index (χ2v) is 9.69. The quantitative estimate of drug-likeness (QED) is 0.593. The monoisotopic (exact) mass is 445 g/mol. The van der Waals surface area contributed by atoms with E-state index in [-0.39, 0.29) is 12.5 Å². The lowest BCUT2D eigenvalue weighted by molar-refractivity contribution is -0.133. The van der Waals surface area contributed by atoms with E-state index in [1.807, 2.05) is 23.1 Å². The molecule has 2 aromatic rings. The number of ether oxygens (including phenoxy) is 1. The second-order valence-electron chi connectivity index (χ2n) is 7.78. The van der Waals surface area contributed by atoms with E-state index in [0.29, 0.717) is 37.4 Å². The molecule has 0 unspecified atom stereocenters. The van der Waals surface area contributed by atoms with Gasteiger partial charge in [0.15, 0.2) is 0 Å². The van der Waals surface area contributed by atoms with E-state index in [0.717, 1.165) is 19.6 Å². The van der Waals surface area contributed by atoms with Crippen molar-refractivity contribution in [1.29, 1.82) is 0 Å². The minimum Gasteiger partial charge on any atom is -0.497 e. The van der Waals surface area contributed by atoms with Crippen LogP contribution in [-0.2, 0) is 21.4 Å². The Bertz CT molecular complexity index is 958. The third kappa shape index (κ3) is 6.70. The van der Waals surface area contributed by atoms with Crippen LogP contribution in [0.25, 0.3) is 0 Å². The smallest absolute Gasteiger partial charge is 0.232 e. The van der Waals surface area contributed by atoms with Crippen LogP contribution < -0.4 is 9.04 Å². The average molecular weight is 446 g/mol. The highest BCUT2D eigenvalue weighted by atomic mass is 32.2. The molecule has 1 heterocycles. The summed E-state index contributed by atoms with van der Waals surface area (Å²) < 4.78 is 31.1. The van der Waals surface area contributed by atoms with E-state index in [1.54, 1.807) is 31.4 Å². The van der Waals surface area contributed by atoms with E-state index >= 15 is 0 Å². The molecular formula is C23H31N3O4S. The Morgan fingerprint density at radius 2 is 1.74 bits per heavy atom. The molecule has 1 fully saturated rings. The van der Waals surface area contributed by atoms with Gasteiger partial charge in [0.25, 0.3) is 0 Å². The molecule has 3 rings (SSSR count). The Morgan fingerprint density at radius 3 is 2.39 bits per heavy atom. The van der Waals surface area contributed by atoms with Crippen molar-refractivity contribution < 1.29 is 17.9 Å². The minimum absolute atomic E-state index is 0.0819. The molecule has 0 bridgehead atoms. The Labute approximate surface area is 185 Å². The van der Waals surface area contributed by atoms with Crippen molar-refractivity contribution in [3.8, 4) is 5.75 Å². The zero-order valence-electron chi connectivity index (χ0n) is 18.2. The van der Waals surface area contributed by atoms with Crippen LogP contribution in [-0.4, -0.2) is 70.2 Å². The molecule has 1 aliphatic rings. The van der Waals surface area contributed by atoms with Crippen LogP contribution in [0.5, 0.6) is 5.75 Å². The maximum absolute atomic E-state index is 12.7. The fraction of sp³-hybridized carbons (Fsp3) is 0.435. The molecule has 1 saturated heterocycles. The van der Waals surface area contributed by atoms with Crippen LogP contribution in [0.15, 0.2) is 54.6 Å². The summed E-state index contributed by atoms with van der Waals surface area (Å²) in [5.74, 6) is 0.675. The number of anilines is 1. The number of hydrogen-bond acceptors (Lipinski definition) is 5. The standard InChI is InChI=1S/C23H31N3O4S/c1-30-22-11-6-10-21(18-22)26(31(2,28)29)13-7-12-23(27)25-16-14-24(15-17-25)19-20-8-4-3-5-9-20/h3-6,8-11,18H,7,12-17,19H2,1-2H3. The van der Waals surface area contributed by atoms with Crippen molar-refractivity contribution in [3.63, 3.8) is 0 Å². The number of carbonyl (C=O) groups excluding carboxylic acids is 1. The van der Waals surface area contributed by atoms with Gasteiger partial charge in [0, 0.05) is 51.8 Å². The number of benzene rings is 2. The van der Waals surface area contributed by atoms with Crippen LogP contribution >= 0.6 is 0 Å². The van der Waals surface area contributed by atoms with Crippen molar-refractivity contribution in [2.24, 2.45) is 0 Å². The molecular weight excluding hydrogens is 414 g/mol. The third-order valence-electron chi connectivity index (χ3n) is 5.47. The number of rotatable bonds is 9. The first-order chi connectivity index (χ1) is 14.9. The fourth-order valence-electron chi connectivity index (χ4n) is 3.78. The zero-order chi connectivity index (χ0) is 22.3. The van der Waals surface area contributed by atoms with Gasteiger partial charge in [0.1, 0.15) is 5.75 Å². The van der Waals surface area contributed by atoms with Gasteiger partial charge in [-0.25, -0.2) is 8.42 Å². The normalized spacial score (nSPS) is 15.0. The number of nitrogens with zero attached hydrogens (tertiary/aromatic N) is 3. The fourth-order valence-corrected chi connectivity index (χ4v) is 4.74. The van der Waals surface area contributed by atoms with Gasteiger partial charge in [-0.1, -0.05) is 36.4 Å². The SMILES string of the molecule is COc1cccc(N(CCCC(=O)N2CCN(Cc3ccccc3)CC2)S(C)(=O)=O)c1. The van der Waals surface area contributed by atoms with Gasteiger partial charge in [-0.3, -0.25) is 14.0 Å². The summed E-state index contributed by atoms with van der Waals surface area (Å²) in [5.41, 5.74) is 1.82. The predicted molar refractivity (Wildman–Crippen MR) is 123 cm³/mol. The number of amides is 1. The molecule has 8 heteroatoms. The number of piperazine rings is 1. The van der Waals surface area contributed by atoms with Crippen LogP contribution in [0.1, 0.15) is 18.4 Å². The lowest BCUT2D eigenvalue weighted by atomic mass is 10.2. The van der Waals surface area contributed by atoms with Crippen molar-refractivity contribution in [2.45, 2.75) is 19.4 Å². The van der Waals surface area contributed by atoms with Gasteiger partial charge < -0.3 is 9.64 Å². The van der Waals surface area contributed by atoms with E-state index in [4.69, 9.17) is 4.74 Å². The summed E-state index contributed by atoms with van der Waals surface area (Å²) in [6, 6.07) is 17.3. The molecule has 0 N–H and O–H groups in total. The largest absolute Gasteiger partial charge is 0.497 e. The van der Waals surface area contributed by atoms with E-state index in [1.165, 1.54) is 16.1 Å². The first kappa shape index (κ1) is 23.1. The van der Waals surface area contributed by atoms with Crippen molar-refractivity contribution in [3.05, 3.63) is 60.2 Å². The molecule has 7 nitrogen and oxygen atoms in total. The van der Waals surface area contributed by atoms with E-state index in [9.17, 15) is 13.2 Å². The van der Waals surface area contributed by atoms with Gasteiger partial charge in [0.05, 0.1) is 19.1 Å². The third-order valence-corrected chi connectivity index (χ3v) is 6.66. The summed E-state index contributed by atoms with van der Waals surface area (Å²) in [6.45, 7) is 4.26. The summed E-state index contributed by atoms with van der Waals surface area (Å²) in [4.78, 5) is 16.9. The van der Waals surface area contributed by atoms with Crippen LogP contribution in [0.2, 0.25) is 0 Å². The molecule has 31 heavy (non-hydrogen) atoms. The molecule has 1 amide bonds. The minimum atomic E-state index is -3.46. The summed E-state index contributed by atoms with van der Waals surface area (Å²) in [7, 11) is -1.91. The molecule has 0 atom stereocenters. The van der Waals surface area contributed by atoms with Crippen LogP contribution in [0, 0.1) is 0 Å². The van der Waals surface area contributed by atoms with Gasteiger partial charge in [-0.05, 0) is 24.1 Å². The maximum Gasteiger partial charge on any atom is 0.232 e. The number of methoxy groups -OCH3 is 1. The first-order valence-electron chi connectivity index (χ1n) is 10.5. The van der Waals surface area contributed by atoms with E-state index < -0.39 is 10.0 Å². The van der Waals surface area contributed by atoms with Gasteiger partial charge in [0.2, 0.25) is 15.9 Å². The molecule has 0 radical (unpaired) electrons. The highest BCUT2D eigenvalue weighted by molar-refractivity contribution is 7.92. The number of hydrogen-bond donors (Lipinski definition) is 0. The first-order valence-corrected chi connectivity index (χ1v) is 12.4. The van der Waals surface area contributed by atoms with Gasteiger partial charge in [-0.15, -0.1) is 0 Å². The van der Waals surface area contributed by atoms with Crippen molar-refractivity contribution >= 4 is 21.6 Å². The zero-order valence-corrected chi connectivity index (χ0v) is 19.1. The molecule has 0 aromatic heterocycles. The number of carbonyl (C=O) groups is 1. The maximum atomic E-state index is 12.7. The average Bonchev–Trinajstić information content (AvgIpc) is 2.77. The van der Waals surface area contributed by atoms with Crippen LogP contribution in [0.4, 0.5) is 5.69 Å². The highest BCUT2D eigenvalue weighted by Gasteiger charge is 2.22. The van der Waals surface area contributed by atoms with Gasteiger partial charge >= 0.3 is 0 Å². The van der Waals surface area contributed by atoms with Crippen molar-refractivity contribution in [1.82, 2.24) is 9.80 Å². The molecule has 1 aliphatic heterocycles. The predicted octanol–water partition coefficient (Wildman–Crippen LogP) is 2.59. The molecule has 2 aromatic carbocycles. The summed E-state index contributed by atoms with van der Waals surface area (Å²) in [5, 5.41) is 0. The van der Waals surface area contributed by atoms with Crippen molar-refractivity contribution in [2.75, 3.05) is 50.4 Å². The van der Waals surface area contributed by atoms with Gasteiger partial charge in [-0.2, -0.15) is 0 Å². The summed E-state index contributed by atoms with van der Waals surface area (Å²) in [6.07, 6.45) is 1.97. The Morgan fingerprint density at radius 1 is 1.03 bits per heavy atom. The molecule has 168 valence electrons. The Kier molecular flexibility index (Phi) is 7.92. The molecule has 0 saturated carbocycles. The van der Waals surface area contributed by atoms with E-state index in [2.05, 4.69) is 17.0 Å². The second kappa shape index (κ2) is 10.6. The lowest BCUT2D eigenvalue weighted by Gasteiger charge is -2.35. The molecule has 0 spiro atoms. The highest BCUT2D eigenvalue weighted by Crippen LogP contribution is 2.23. The lowest BCUT2D eigenvalue weighted by Crippen LogP contribution is -2.48. The van der Waals surface area contributed by atoms with Crippen LogP contribution in [0.3, 0.4) is 0 Å². The Hall–Kier alpha value is -2.58.